The molecule has 0 saturated heterocycles. The Kier molecular flexibility index (Phi) is 9.09. The Labute approximate surface area is 179 Å². The molecule has 2 rings (SSSR count). The third-order valence-corrected chi connectivity index (χ3v) is 5.56. The van der Waals surface area contributed by atoms with Gasteiger partial charge in [0.2, 0.25) is 0 Å². The number of carbonyl (C=O) groups is 1. The summed E-state index contributed by atoms with van der Waals surface area (Å²) in [6.07, 6.45) is -0.677. The molecular weight excluding hydrogens is 378 g/mol. The Hall–Kier alpha value is -2.63. The minimum atomic E-state index is -0.766. The van der Waals surface area contributed by atoms with E-state index in [0.717, 1.165) is 11.1 Å². The first kappa shape index (κ1) is 23.6. The van der Waals surface area contributed by atoms with Gasteiger partial charge in [0.15, 0.2) is 0 Å². The van der Waals surface area contributed by atoms with Crippen molar-refractivity contribution in [2.24, 2.45) is 11.8 Å². The summed E-state index contributed by atoms with van der Waals surface area (Å²) >= 11 is 0. The second-order valence-electron chi connectivity index (χ2n) is 7.66. The molecule has 6 atom stereocenters. The first-order valence-corrected chi connectivity index (χ1v) is 10.3. The van der Waals surface area contributed by atoms with Crippen LogP contribution in [-0.4, -0.2) is 30.5 Å². The number of ether oxygens (including phenoxy) is 2. The molecule has 0 aliphatic heterocycles. The van der Waals surface area contributed by atoms with Gasteiger partial charge in [0.25, 0.3) is 0 Å². The van der Waals surface area contributed by atoms with Crippen molar-refractivity contribution in [1.29, 1.82) is 0 Å². The molecule has 5 nitrogen and oxygen atoms in total. The van der Waals surface area contributed by atoms with E-state index >= 15 is 0 Å². The number of aliphatic hydroxyl groups is 1. The summed E-state index contributed by atoms with van der Waals surface area (Å²) in [5.74, 6) is -0.582. The van der Waals surface area contributed by atoms with Crippen LogP contribution in [0.3, 0.4) is 0 Å². The summed E-state index contributed by atoms with van der Waals surface area (Å²) in [5.41, 5.74) is 1.97. The molecule has 0 saturated carbocycles. The number of hydrogen-bond acceptors (Lipinski definition) is 4. The molecule has 30 heavy (non-hydrogen) atoms. The van der Waals surface area contributed by atoms with Gasteiger partial charge < -0.3 is 19.9 Å². The van der Waals surface area contributed by atoms with Crippen LogP contribution in [0.15, 0.2) is 73.3 Å². The van der Waals surface area contributed by atoms with Gasteiger partial charge >= 0.3 is 6.09 Å². The Morgan fingerprint density at radius 1 is 0.967 bits per heavy atom. The lowest BCUT2D eigenvalue weighted by molar-refractivity contribution is -0.0510. The first-order valence-electron chi connectivity index (χ1n) is 10.3. The predicted molar refractivity (Wildman–Crippen MR) is 119 cm³/mol. The minimum absolute atomic E-state index is 0.195. The number of aliphatic hydroxyl groups excluding tert-OH is 1. The minimum Gasteiger partial charge on any atom is -0.442 e. The number of hydrogen-bond donors (Lipinski definition) is 2. The molecule has 1 amide bonds. The number of nitrogens with one attached hydrogen (secondary N) is 1. The Morgan fingerprint density at radius 3 is 2.00 bits per heavy atom. The highest BCUT2D eigenvalue weighted by molar-refractivity contribution is 5.68. The summed E-state index contributed by atoms with van der Waals surface area (Å²) in [6, 6.07) is 19.2. The molecule has 0 aliphatic carbocycles. The van der Waals surface area contributed by atoms with Crippen LogP contribution < -0.4 is 5.32 Å². The van der Waals surface area contributed by atoms with Crippen molar-refractivity contribution in [3.63, 3.8) is 0 Å². The normalized spacial score (nSPS) is 17.1. The average molecular weight is 412 g/mol. The highest BCUT2D eigenvalue weighted by Crippen LogP contribution is 2.32. The molecule has 0 aliphatic rings. The molecule has 0 unspecified atom stereocenters. The summed E-state index contributed by atoms with van der Waals surface area (Å²) in [5, 5.41) is 13.8. The third kappa shape index (κ3) is 6.18. The van der Waals surface area contributed by atoms with E-state index in [2.05, 4.69) is 11.9 Å². The third-order valence-electron chi connectivity index (χ3n) is 5.56. The van der Waals surface area contributed by atoms with Crippen LogP contribution in [0.4, 0.5) is 4.79 Å². The van der Waals surface area contributed by atoms with E-state index in [1.807, 2.05) is 81.4 Å². The maximum Gasteiger partial charge on any atom is 0.408 e. The van der Waals surface area contributed by atoms with Gasteiger partial charge in [0.05, 0.1) is 18.2 Å². The number of benzene rings is 2. The van der Waals surface area contributed by atoms with Crippen LogP contribution in [0.1, 0.15) is 44.0 Å². The van der Waals surface area contributed by atoms with E-state index in [1.165, 1.54) is 0 Å². The van der Waals surface area contributed by atoms with Crippen LogP contribution in [0.25, 0.3) is 0 Å². The van der Waals surface area contributed by atoms with Crippen molar-refractivity contribution < 1.29 is 19.4 Å². The fraction of sp³-hybridized carbons (Fsp3) is 0.400. The van der Waals surface area contributed by atoms with Crippen LogP contribution in [0, 0.1) is 11.8 Å². The van der Waals surface area contributed by atoms with Crippen molar-refractivity contribution in [3.05, 3.63) is 84.4 Å². The largest absolute Gasteiger partial charge is 0.442 e. The molecule has 0 aromatic heterocycles. The van der Waals surface area contributed by atoms with Crippen LogP contribution >= 0.6 is 0 Å². The summed E-state index contributed by atoms with van der Waals surface area (Å²) in [7, 11) is 1.63. The molecule has 2 aromatic carbocycles. The second kappa shape index (κ2) is 11.5. The van der Waals surface area contributed by atoms with E-state index in [9.17, 15) is 9.90 Å². The highest BCUT2D eigenvalue weighted by atomic mass is 16.6. The smallest absolute Gasteiger partial charge is 0.408 e. The zero-order valence-corrected chi connectivity index (χ0v) is 18.2. The van der Waals surface area contributed by atoms with Gasteiger partial charge in [-0.05, 0) is 18.1 Å². The quantitative estimate of drug-likeness (QED) is 0.537. The Balaban J connectivity index is 2.00. The van der Waals surface area contributed by atoms with E-state index in [1.54, 1.807) is 13.2 Å². The first-order chi connectivity index (χ1) is 14.4. The zero-order valence-electron chi connectivity index (χ0n) is 18.2. The number of amides is 1. The van der Waals surface area contributed by atoms with E-state index < -0.39 is 18.3 Å². The van der Waals surface area contributed by atoms with Crippen molar-refractivity contribution in [2.75, 3.05) is 7.11 Å². The lowest BCUT2D eigenvalue weighted by atomic mass is 9.84. The SMILES string of the molecule is C=C[C@H](OC(=O)N[C@@H](C)c1ccccc1)[C@H](C)[C@H](O)[C@@H](C)[C@H](OC)c1ccccc1. The van der Waals surface area contributed by atoms with Crippen molar-refractivity contribution >= 4 is 6.09 Å². The van der Waals surface area contributed by atoms with Gasteiger partial charge in [0.1, 0.15) is 6.10 Å². The zero-order chi connectivity index (χ0) is 22.1. The Bertz CT molecular complexity index is 780. The van der Waals surface area contributed by atoms with Gasteiger partial charge in [-0.25, -0.2) is 4.79 Å². The molecule has 0 bridgehead atoms. The molecule has 2 aromatic rings. The Morgan fingerprint density at radius 2 is 1.50 bits per heavy atom. The summed E-state index contributed by atoms with van der Waals surface area (Å²) in [4.78, 5) is 12.4. The fourth-order valence-electron chi connectivity index (χ4n) is 3.68. The predicted octanol–water partition coefficient (Wildman–Crippen LogP) is 5.05. The second-order valence-corrected chi connectivity index (χ2v) is 7.66. The van der Waals surface area contributed by atoms with Crippen LogP contribution in [0.5, 0.6) is 0 Å². The lowest BCUT2D eigenvalue weighted by Gasteiger charge is -2.33. The van der Waals surface area contributed by atoms with Crippen LogP contribution in [0.2, 0.25) is 0 Å². The molecular formula is C25H33NO4. The topological polar surface area (TPSA) is 67.8 Å². The highest BCUT2D eigenvalue weighted by Gasteiger charge is 2.34. The number of carbonyl (C=O) groups excluding carboxylic acids is 1. The molecule has 0 radical (unpaired) electrons. The fourth-order valence-corrected chi connectivity index (χ4v) is 3.68. The van der Waals surface area contributed by atoms with E-state index in [0.29, 0.717) is 0 Å². The maximum absolute atomic E-state index is 12.4. The van der Waals surface area contributed by atoms with Crippen molar-refractivity contribution in [2.45, 2.75) is 45.1 Å². The number of methoxy groups -OCH3 is 1. The van der Waals surface area contributed by atoms with Gasteiger partial charge in [-0.1, -0.05) is 87.2 Å². The molecule has 162 valence electrons. The average Bonchev–Trinajstić information content (AvgIpc) is 2.78. The number of rotatable bonds is 10. The monoisotopic (exact) mass is 411 g/mol. The molecule has 5 heteroatoms. The summed E-state index contributed by atoms with van der Waals surface area (Å²) in [6.45, 7) is 9.46. The van der Waals surface area contributed by atoms with Gasteiger partial charge in [0, 0.05) is 18.9 Å². The van der Waals surface area contributed by atoms with Crippen LogP contribution in [-0.2, 0) is 9.47 Å². The standard InChI is InChI=1S/C25H33NO4/c1-6-22(30-25(28)26-19(4)20-13-9-7-10-14-20)17(2)23(27)18(3)24(29-5)21-15-11-8-12-16-21/h6-19,22-24,27H,1H2,2-5H3,(H,26,28)/t17-,18+,19-,22-,23-,24-/m0/s1. The van der Waals surface area contributed by atoms with Gasteiger partial charge in [-0.3, -0.25) is 0 Å². The van der Waals surface area contributed by atoms with Gasteiger partial charge in [-0.2, -0.15) is 0 Å². The van der Waals surface area contributed by atoms with E-state index in [4.69, 9.17) is 9.47 Å². The molecule has 2 N–H and O–H groups in total. The maximum atomic E-state index is 12.4. The molecule has 0 fully saturated rings. The number of alkyl carbamates (subject to hydrolysis) is 1. The molecule has 0 heterocycles. The van der Waals surface area contributed by atoms with Gasteiger partial charge in [-0.15, -0.1) is 0 Å². The molecule has 0 spiro atoms. The van der Waals surface area contributed by atoms with Crippen molar-refractivity contribution in [3.8, 4) is 0 Å². The lowest BCUT2D eigenvalue weighted by Crippen LogP contribution is -2.40. The summed E-state index contributed by atoms with van der Waals surface area (Å²) < 4.78 is 11.2. The van der Waals surface area contributed by atoms with Crippen molar-refractivity contribution in [1.82, 2.24) is 5.32 Å². The van der Waals surface area contributed by atoms with E-state index in [-0.39, 0.29) is 24.0 Å².